The van der Waals surface area contributed by atoms with Crippen LogP contribution in [0.2, 0.25) is 0 Å². The molecule has 0 unspecified atom stereocenters. The van der Waals surface area contributed by atoms with Gasteiger partial charge >= 0.3 is 5.97 Å². The fourth-order valence-electron chi connectivity index (χ4n) is 2.11. The number of fused-ring (bicyclic) bond motifs is 1. The lowest BCUT2D eigenvalue weighted by Crippen LogP contribution is -2.03. The molecule has 2 aromatic carbocycles. The van der Waals surface area contributed by atoms with Crippen molar-refractivity contribution in [3.05, 3.63) is 60.3 Å². The SMILES string of the molecule is O=C(O)c1cc(S)ccc1Nc1cnc2ccccc2c1. The fraction of sp³-hybridized carbons (Fsp3) is 0. The summed E-state index contributed by atoms with van der Waals surface area (Å²) >= 11 is 4.17. The zero-order valence-corrected chi connectivity index (χ0v) is 11.8. The smallest absolute Gasteiger partial charge is 0.337 e. The van der Waals surface area contributed by atoms with E-state index in [4.69, 9.17) is 0 Å². The molecule has 0 spiro atoms. The highest BCUT2D eigenvalue weighted by Crippen LogP contribution is 2.25. The van der Waals surface area contributed by atoms with Gasteiger partial charge in [0.2, 0.25) is 0 Å². The van der Waals surface area contributed by atoms with Crippen molar-refractivity contribution in [2.24, 2.45) is 0 Å². The fourth-order valence-corrected chi connectivity index (χ4v) is 2.32. The minimum Gasteiger partial charge on any atom is -0.478 e. The van der Waals surface area contributed by atoms with E-state index in [9.17, 15) is 9.90 Å². The largest absolute Gasteiger partial charge is 0.478 e. The number of hydrogen-bond acceptors (Lipinski definition) is 4. The zero-order chi connectivity index (χ0) is 14.8. The van der Waals surface area contributed by atoms with E-state index in [0.29, 0.717) is 10.6 Å². The number of aromatic carboxylic acids is 1. The van der Waals surface area contributed by atoms with Crippen molar-refractivity contribution in [3.8, 4) is 0 Å². The second-order valence-corrected chi connectivity index (χ2v) is 5.09. The van der Waals surface area contributed by atoms with Crippen LogP contribution < -0.4 is 5.32 Å². The minimum absolute atomic E-state index is 0.177. The molecule has 1 aromatic heterocycles. The number of rotatable bonds is 3. The number of para-hydroxylation sites is 1. The molecule has 0 amide bonds. The number of thiol groups is 1. The molecule has 5 heteroatoms. The molecular formula is C16H12N2O2S. The van der Waals surface area contributed by atoms with Gasteiger partial charge in [0.15, 0.2) is 0 Å². The summed E-state index contributed by atoms with van der Waals surface area (Å²) < 4.78 is 0. The van der Waals surface area contributed by atoms with Crippen molar-refractivity contribution in [2.75, 3.05) is 5.32 Å². The maximum Gasteiger partial charge on any atom is 0.337 e. The van der Waals surface area contributed by atoms with Gasteiger partial charge in [-0.25, -0.2) is 4.79 Å². The molecule has 0 atom stereocenters. The van der Waals surface area contributed by atoms with Gasteiger partial charge in [-0.1, -0.05) is 18.2 Å². The molecule has 0 bridgehead atoms. The summed E-state index contributed by atoms with van der Waals surface area (Å²) in [7, 11) is 0. The summed E-state index contributed by atoms with van der Waals surface area (Å²) in [5, 5.41) is 13.3. The Balaban J connectivity index is 2.00. The second-order valence-electron chi connectivity index (χ2n) is 4.58. The molecule has 0 aliphatic rings. The lowest BCUT2D eigenvalue weighted by Gasteiger charge is -2.10. The first-order valence-electron chi connectivity index (χ1n) is 6.31. The highest BCUT2D eigenvalue weighted by Gasteiger charge is 2.11. The number of aromatic nitrogens is 1. The molecule has 1 heterocycles. The van der Waals surface area contributed by atoms with Crippen LogP contribution in [0.5, 0.6) is 0 Å². The zero-order valence-electron chi connectivity index (χ0n) is 10.9. The van der Waals surface area contributed by atoms with E-state index in [1.807, 2.05) is 30.3 Å². The number of benzene rings is 2. The third-order valence-corrected chi connectivity index (χ3v) is 3.38. The molecule has 104 valence electrons. The van der Waals surface area contributed by atoms with Crippen LogP contribution in [-0.4, -0.2) is 16.1 Å². The number of pyridine rings is 1. The molecule has 21 heavy (non-hydrogen) atoms. The van der Waals surface area contributed by atoms with Gasteiger partial charge in [-0.3, -0.25) is 4.98 Å². The Morgan fingerprint density at radius 1 is 1.14 bits per heavy atom. The topological polar surface area (TPSA) is 62.2 Å². The Labute approximate surface area is 126 Å². The van der Waals surface area contributed by atoms with Gasteiger partial charge in [-0.15, -0.1) is 12.6 Å². The van der Waals surface area contributed by atoms with E-state index in [2.05, 4.69) is 22.9 Å². The van der Waals surface area contributed by atoms with Crippen LogP contribution in [0.3, 0.4) is 0 Å². The van der Waals surface area contributed by atoms with Crippen molar-refractivity contribution in [2.45, 2.75) is 4.90 Å². The second kappa shape index (κ2) is 5.46. The first kappa shape index (κ1) is 13.5. The maximum absolute atomic E-state index is 11.3. The van der Waals surface area contributed by atoms with Crippen LogP contribution in [-0.2, 0) is 0 Å². The Kier molecular flexibility index (Phi) is 3.50. The molecule has 0 saturated carbocycles. The summed E-state index contributed by atoms with van der Waals surface area (Å²) in [5.41, 5.74) is 2.32. The molecule has 0 aliphatic heterocycles. The first-order valence-corrected chi connectivity index (χ1v) is 6.76. The van der Waals surface area contributed by atoms with E-state index >= 15 is 0 Å². The molecule has 2 N–H and O–H groups in total. The predicted molar refractivity (Wildman–Crippen MR) is 85.7 cm³/mol. The van der Waals surface area contributed by atoms with Crippen LogP contribution in [0.15, 0.2) is 59.6 Å². The van der Waals surface area contributed by atoms with Crippen molar-refractivity contribution in [1.29, 1.82) is 0 Å². The van der Waals surface area contributed by atoms with Crippen LogP contribution in [0.4, 0.5) is 11.4 Å². The number of hydrogen-bond donors (Lipinski definition) is 3. The Morgan fingerprint density at radius 2 is 1.95 bits per heavy atom. The van der Waals surface area contributed by atoms with Crippen LogP contribution in [0, 0.1) is 0 Å². The lowest BCUT2D eigenvalue weighted by atomic mass is 10.1. The minimum atomic E-state index is -0.998. The van der Waals surface area contributed by atoms with E-state index < -0.39 is 5.97 Å². The van der Waals surface area contributed by atoms with Crippen LogP contribution >= 0.6 is 12.6 Å². The number of carbonyl (C=O) groups is 1. The highest BCUT2D eigenvalue weighted by molar-refractivity contribution is 7.80. The number of anilines is 2. The van der Waals surface area contributed by atoms with Gasteiger partial charge in [0, 0.05) is 10.3 Å². The van der Waals surface area contributed by atoms with E-state index in [1.54, 1.807) is 18.3 Å². The quantitative estimate of drug-likeness (QED) is 0.640. The van der Waals surface area contributed by atoms with Gasteiger partial charge < -0.3 is 10.4 Å². The highest BCUT2D eigenvalue weighted by atomic mass is 32.1. The molecule has 3 rings (SSSR count). The molecule has 0 radical (unpaired) electrons. The van der Waals surface area contributed by atoms with Gasteiger partial charge in [-0.2, -0.15) is 0 Å². The summed E-state index contributed by atoms with van der Waals surface area (Å²) in [6.07, 6.45) is 1.68. The average Bonchev–Trinajstić information content (AvgIpc) is 2.49. The lowest BCUT2D eigenvalue weighted by molar-refractivity contribution is 0.0697. The van der Waals surface area contributed by atoms with Crippen molar-refractivity contribution >= 4 is 40.9 Å². The predicted octanol–water partition coefficient (Wildman–Crippen LogP) is 3.97. The molecule has 0 saturated heterocycles. The normalized spacial score (nSPS) is 10.5. The molecule has 3 aromatic rings. The van der Waals surface area contributed by atoms with E-state index in [0.717, 1.165) is 16.6 Å². The number of carboxylic acids is 1. The van der Waals surface area contributed by atoms with E-state index in [-0.39, 0.29) is 5.56 Å². The van der Waals surface area contributed by atoms with Crippen LogP contribution in [0.25, 0.3) is 10.9 Å². The Hall–Kier alpha value is -2.53. The van der Waals surface area contributed by atoms with Gasteiger partial charge in [0.05, 0.1) is 28.7 Å². The Bertz CT molecular complexity index is 833. The molecular weight excluding hydrogens is 284 g/mol. The van der Waals surface area contributed by atoms with Crippen LogP contribution in [0.1, 0.15) is 10.4 Å². The first-order chi connectivity index (χ1) is 10.1. The average molecular weight is 296 g/mol. The summed E-state index contributed by atoms with van der Waals surface area (Å²) in [5.74, 6) is -0.998. The Morgan fingerprint density at radius 3 is 2.76 bits per heavy atom. The third-order valence-electron chi connectivity index (χ3n) is 3.10. The molecule has 0 aliphatic carbocycles. The van der Waals surface area contributed by atoms with Crippen molar-refractivity contribution in [3.63, 3.8) is 0 Å². The van der Waals surface area contributed by atoms with Crippen molar-refractivity contribution < 1.29 is 9.90 Å². The molecule has 0 fully saturated rings. The summed E-state index contributed by atoms with van der Waals surface area (Å²) in [6.45, 7) is 0. The van der Waals surface area contributed by atoms with Gasteiger partial charge in [-0.05, 0) is 30.3 Å². The van der Waals surface area contributed by atoms with Gasteiger partial charge in [0.25, 0.3) is 0 Å². The summed E-state index contributed by atoms with van der Waals surface area (Å²) in [6, 6.07) is 14.6. The van der Waals surface area contributed by atoms with Gasteiger partial charge in [0.1, 0.15) is 0 Å². The number of carboxylic acid groups (broad SMARTS) is 1. The third kappa shape index (κ3) is 2.83. The number of nitrogens with zero attached hydrogens (tertiary/aromatic N) is 1. The molecule has 4 nitrogen and oxygen atoms in total. The monoisotopic (exact) mass is 296 g/mol. The number of nitrogens with one attached hydrogen (secondary N) is 1. The standard InChI is InChI=1S/C16H12N2O2S/c19-16(20)13-8-12(21)5-6-15(13)18-11-7-10-3-1-2-4-14(10)17-9-11/h1-9,18,21H,(H,19,20). The van der Waals surface area contributed by atoms with Crippen molar-refractivity contribution in [1.82, 2.24) is 4.98 Å². The van der Waals surface area contributed by atoms with E-state index in [1.165, 1.54) is 6.07 Å². The summed E-state index contributed by atoms with van der Waals surface area (Å²) in [4.78, 5) is 16.2. The maximum atomic E-state index is 11.3.